The fourth-order valence-corrected chi connectivity index (χ4v) is 3.60. The molecule has 0 saturated carbocycles. The van der Waals surface area contributed by atoms with Crippen LogP contribution in [0, 0.1) is 0 Å². The van der Waals surface area contributed by atoms with Crippen LogP contribution < -0.4 is 5.32 Å². The molecule has 1 saturated heterocycles. The molecule has 1 aromatic rings. The quantitative estimate of drug-likeness (QED) is 0.878. The van der Waals surface area contributed by atoms with E-state index in [-0.39, 0.29) is 0 Å². The number of nitrogens with zero attached hydrogens (tertiary/aromatic N) is 2. The van der Waals surface area contributed by atoms with E-state index < -0.39 is 0 Å². The molecule has 0 amide bonds. The van der Waals surface area contributed by atoms with Crippen LogP contribution in [0.25, 0.3) is 0 Å². The SMILES string of the molecule is CCC(NC)c1nnc(C2CCOC2CC)s1. The third-order valence-electron chi connectivity index (χ3n) is 3.44. The molecule has 3 unspecified atom stereocenters. The highest BCUT2D eigenvalue weighted by Crippen LogP contribution is 2.35. The van der Waals surface area contributed by atoms with E-state index in [4.69, 9.17) is 4.74 Å². The van der Waals surface area contributed by atoms with Crippen molar-refractivity contribution in [3.8, 4) is 0 Å². The van der Waals surface area contributed by atoms with Gasteiger partial charge in [-0.2, -0.15) is 0 Å². The predicted molar refractivity (Wildman–Crippen MR) is 69.4 cm³/mol. The molecule has 1 fully saturated rings. The summed E-state index contributed by atoms with van der Waals surface area (Å²) in [6.07, 6.45) is 3.53. The minimum absolute atomic E-state index is 0.337. The van der Waals surface area contributed by atoms with Crippen LogP contribution in [0.3, 0.4) is 0 Å². The van der Waals surface area contributed by atoms with E-state index in [0.29, 0.717) is 18.1 Å². The minimum Gasteiger partial charge on any atom is -0.377 e. The predicted octanol–water partition coefficient (Wildman–Crippen LogP) is 2.49. The summed E-state index contributed by atoms with van der Waals surface area (Å²) in [5.74, 6) is 0.459. The lowest BCUT2D eigenvalue weighted by Gasteiger charge is -2.13. The molecule has 17 heavy (non-hydrogen) atoms. The average Bonchev–Trinajstić information content (AvgIpc) is 2.98. The summed E-state index contributed by atoms with van der Waals surface area (Å²) in [5.41, 5.74) is 0. The molecule has 0 aromatic carbocycles. The number of nitrogens with one attached hydrogen (secondary N) is 1. The Morgan fingerprint density at radius 1 is 1.47 bits per heavy atom. The van der Waals surface area contributed by atoms with Crippen LogP contribution in [0.4, 0.5) is 0 Å². The van der Waals surface area contributed by atoms with Crippen LogP contribution in [0.15, 0.2) is 0 Å². The summed E-state index contributed by atoms with van der Waals surface area (Å²) in [6.45, 7) is 5.20. The number of ether oxygens (including phenoxy) is 1. The van der Waals surface area contributed by atoms with E-state index in [1.165, 1.54) is 0 Å². The van der Waals surface area contributed by atoms with Gasteiger partial charge in [0, 0.05) is 12.5 Å². The highest BCUT2D eigenvalue weighted by atomic mass is 32.1. The fourth-order valence-electron chi connectivity index (χ4n) is 2.37. The molecule has 1 N–H and O–H groups in total. The van der Waals surface area contributed by atoms with Gasteiger partial charge < -0.3 is 10.1 Å². The third-order valence-corrected chi connectivity index (χ3v) is 4.61. The van der Waals surface area contributed by atoms with Crippen molar-refractivity contribution in [1.29, 1.82) is 0 Å². The second-order valence-electron chi connectivity index (χ2n) is 4.44. The third kappa shape index (κ3) is 2.67. The van der Waals surface area contributed by atoms with Crippen LogP contribution in [0.1, 0.15) is 55.1 Å². The number of rotatable bonds is 5. The van der Waals surface area contributed by atoms with Crippen LogP contribution in [0.5, 0.6) is 0 Å². The molecule has 96 valence electrons. The van der Waals surface area contributed by atoms with E-state index in [9.17, 15) is 0 Å². The van der Waals surface area contributed by atoms with Crippen molar-refractivity contribution in [3.63, 3.8) is 0 Å². The molecule has 0 radical (unpaired) electrons. The summed E-state index contributed by atoms with van der Waals surface area (Å²) >= 11 is 1.74. The van der Waals surface area contributed by atoms with E-state index in [0.717, 1.165) is 35.9 Å². The van der Waals surface area contributed by atoms with Crippen molar-refractivity contribution in [1.82, 2.24) is 15.5 Å². The maximum Gasteiger partial charge on any atom is 0.134 e. The van der Waals surface area contributed by atoms with Gasteiger partial charge in [0.2, 0.25) is 0 Å². The Labute approximate surface area is 107 Å². The molecule has 0 spiro atoms. The average molecular weight is 255 g/mol. The van der Waals surface area contributed by atoms with Crippen molar-refractivity contribution >= 4 is 11.3 Å². The lowest BCUT2D eigenvalue weighted by molar-refractivity contribution is 0.100. The second kappa shape index (κ2) is 5.89. The van der Waals surface area contributed by atoms with Crippen molar-refractivity contribution in [2.75, 3.05) is 13.7 Å². The van der Waals surface area contributed by atoms with Crippen LogP contribution in [0.2, 0.25) is 0 Å². The highest BCUT2D eigenvalue weighted by Gasteiger charge is 2.31. The molecule has 3 atom stereocenters. The molecular weight excluding hydrogens is 234 g/mol. The second-order valence-corrected chi connectivity index (χ2v) is 5.48. The Morgan fingerprint density at radius 3 is 2.94 bits per heavy atom. The lowest BCUT2D eigenvalue weighted by Crippen LogP contribution is -2.14. The van der Waals surface area contributed by atoms with Gasteiger partial charge in [-0.25, -0.2) is 0 Å². The zero-order valence-electron chi connectivity index (χ0n) is 10.8. The Bertz CT molecular complexity index is 351. The van der Waals surface area contributed by atoms with Gasteiger partial charge in [-0.1, -0.05) is 25.2 Å². The smallest absolute Gasteiger partial charge is 0.134 e. The number of hydrogen-bond acceptors (Lipinski definition) is 5. The van der Waals surface area contributed by atoms with Gasteiger partial charge in [0.1, 0.15) is 10.0 Å². The van der Waals surface area contributed by atoms with E-state index in [1.807, 2.05) is 7.05 Å². The molecule has 4 nitrogen and oxygen atoms in total. The molecular formula is C12H21N3OS. The Balaban J connectivity index is 2.12. The maximum absolute atomic E-state index is 5.71. The van der Waals surface area contributed by atoms with E-state index in [2.05, 4.69) is 29.4 Å². The largest absolute Gasteiger partial charge is 0.377 e. The fraction of sp³-hybridized carbons (Fsp3) is 0.833. The van der Waals surface area contributed by atoms with Gasteiger partial charge in [-0.05, 0) is 26.3 Å². The highest BCUT2D eigenvalue weighted by molar-refractivity contribution is 7.11. The summed E-state index contributed by atoms with van der Waals surface area (Å²) in [4.78, 5) is 0. The molecule has 5 heteroatoms. The number of hydrogen-bond donors (Lipinski definition) is 1. The molecule has 0 bridgehead atoms. The summed E-state index contributed by atoms with van der Waals surface area (Å²) in [7, 11) is 1.97. The minimum atomic E-state index is 0.337. The standard InChI is InChI=1S/C12H21N3OS/c1-4-9(13-3)12-15-14-11(17-12)8-6-7-16-10(8)5-2/h8-10,13H,4-7H2,1-3H3. The van der Waals surface area contributed by atoms with Crippen molar-refractivity contribution in [2.24, 2.45) is 0 Å². The van der Waals surface area contributed by atoms with Crippen LogP contribution in [-0.2, 0) is 4.74 Å². The zero-order valence-corrected chi connectivity index (χ0v) is 11.6. The maximum atomic E-state index is 5.71. The first-order valence-electron chi connectivity index (χ1n) is 6.42. The first-order valence-corrected chi connectivity index (χ1v) is 7.23. The van der Waals surface area contributed by atoms with Gasteiger partial charge in [0.05, 0.1) is 12.1 Å². The zero-order chi connectivity index (χ0) is 12.3. The van der Waals surface area contributed by atoms with E-state index >= 15 is 0 Å². The van der Waals surface area contributed by atoms with Crippen LogP contribution in [-0.4, -0.2) is 30.0 Å². The van der Waals surface area contributed by atoms with Gasteiger partial charge in [0.15, 0.2) is 0 Å². The monoisotopic (exact) mass is 255 g/mol. The van der Waals surface area contributed by atoms with Gasteiger partial charge in [0.25, 0.3) is 0 Å². The van der Waals surface area contributed by atoms with Crippen molar-refractivity contribution in [2.45, 2.75) is 51.2 Å². The van der Waals surface area contributed by atoms with Crippen molar-refractivity contribution < 1.29 is 4.74 Å². The van der Waals surface area contributed by atoms with Crippen LogP contribution >= 0.6 is 11.3 Å². The normalized spacial score (nSPS) is 26.3. The molecule has 2 heterocycles. The molecule has 0 aliphatic carbocycles. The van der Waals surface area contributed by atoms with Gasteiger partial charge in [-0.15, -0.1) is 10.2 Å². The Kier molecular flexibility index (Phi) is 4.48. The Morgan fingerprint density at radius 2 is 2.29 bits per heavy atom. The summed E-state index contributed by atoms with van der Waals surface area (Å²) < 4.78 is 5.71. The van der Waals surface area contributed by atoms with Crippen molar-refractivity contribution in [3.05, 3.63) is 10.0 Å². The van der Waals surface area contributed by atoms with Gasteiger partial charge >= 0.3 is 0 Å². The molecule has 2 rings (SSSR count). The Hall–Kier alpha value is -0.520. The topological polar surface area (TPSA) is 47.0 Å². The van der Waals surface area contributed by atoms with E-state index in [1.54, 1.807) is 11.3 Å². The van der Waals surface area contributed by atoms with Gasteiger partial charge in [-0.3, -0.25) is 0 Å². The summed E-state index contributed by atoms with van der Waals surface area (Å²) in [6, 6.07) is 0.337. The first kappa shape index (κ1) is 12.9. The molecule has 1 aliphatic heterocycles. The number of aromatic nitrogens is 2. The molecule has 1 aliphatic rings. The molecule has 1 aromatic heterocycles. The lowest BCUT2D eigenvalue weighted by atomic mass is 10.0. The summed E-state index contributed by atoms with van der Waals surface area (Å²) in [5, 5.41) is 14.2. The first-order chi connectivity index (χ1) is 8.30.